The van der Waals surface area contributed by atoms with Crippen LogP contribution < -0.4 is 25.3 Å². The van der Waals surface area contributed by atoms with Crippen molar-refractivity contribution < 1.29 is 23.8 Å². The molecule has 0 heterocycles. The second-order valence-electron chi connectivity index (χ2n) is 5.37. The molecule has 2 aromatic rings. The second kappa shape index (κ2) is 9.68. The Bertz CT molecular complexity index is 826. The molecule has 8 heteroatoms. The first-order chi connectivity index (χ1) is 12.9. The zero-order chi connectivity index (χ0) is 19.8. The van der Waals surface area contributed by atoms with Crippen LogP contribution in [-0.2, 0) is 4.79 Å². The summed E-state index contributed by atoms with van der Waals surface area (Å²) >= 11 is 5.84. The van der Waals surface area contributed by atoms with Crippen molar-refractivity contribution in [2.24, 2.45) is 5.73 Å². The summed E-state index contributed by atoms with van der Waals surface area (Å²) in [5.74, 6) is 0.212. The standard InChI is InChI=1S/C19H21ClN2O5/c1-3-25-16-8-6-13(10-17(16)26-4-2)22-18(23)11-27-15-7-5-12(20)9-14(15)19(21)24/h5-10H,3-4,11H2,1-2H3,(H2,21,24)(H,22,23). The number of benzene rings is 2. The van der Waals surface area contributed by atoms with Crippen molar-refractivity contribution in [1.29, 1.82) is 0 Å². The van der Waals surface area contributed by atoms with E-state index in [1.165, 1.54) is 12.1 Å². The van der Waals surface area contributed by atoms with Gasteiger partial charge in [-0.2, -0.15) is 0 Å². The van der Waals surface area contributed by atoms with Crippen LogP contribution in [0.1, 0.15) is 24.2 Å². The topological polar surface area (TPSA) is 99.9 Å². The van der Waals surface area contributed by atoms with Crippen molar-refractivity contribution in [2.45, 2.75) is 13.8 Å². The molecule has 0 atom stereocenters. The molecule has 2 amide bonds. The largest absolute Gasteiger partial charge is 0.490 e. The highest BCUT2D eigenvalue weighted by Crippen LogP contribution is 2.30. The van der Waals surface area contributed by atoms with Crippen LogP contribution in [0.15, 0.2) is 36.4 Å². The summed E-state index contributed by atoms with van der Waals surface area (Å²) in [5, 5.41) is 3.04. The maximum Gasteiger partial charge on any atom is 0.262 e. The van der Waals surface area contributed by atoms with Gasteiger partial charge in [0.15, 0.2) is 18.1 Å². The van der Waals surface area contributed by atoms with Crippen molar-refractivity contribution in [2.75, 3.05) is 25.1 Å². The fraction of sp³-hybridized carbons (Fsp3) is 0.263. The highest BCUT2D eigenvalue weighted by molar-refractivity contribution is 6.31. The van der Waals surface area contributed by atoms with E-state index in [4.69, 9.17) is 31.5 Å². The van der Waals surface area contributed by atoms with Gasteiger partial charge in [0.2, 0.25) is 0 Å². The average Bonchev–Trinajstić information content (AvgIpc) is 2.63. The molecular formula is C19H21ClN2O5. The number of hydrogen-bond donors (Lipinski definition) is 2. The first-order valence-electron chi connectivity index (χ1n) is 8.36. The van der Waals surface area contributed by atoms with Gasteiger partial charge in [-0.1, -0.05) is 11.6 Å². The van der Waals surface area contributed by atoms with E-state index in [0.29, 0.717) is 35.4 Å². The van der Waals surface area contributed by atoms with E-state index in [1.54, 1.807) is 24.3 Å². The minimum atomic E-state index is -0.694. The molecule has 27 heavy (non-hydrogen) atoms. The van der Waals surface area contributed by atoms with Crippen molar-refractivity contribution in [1.82, 2.24) is 0 Å². The zero-order valence-corrected chi connectivity index (χ0v) is 15.8. The number of primary amides is 1. The first kappa shape index (κ1) is 20.4. The summed E-state index contributed by atoms with van der Waals surface area (Å²) in [6.07, 6.45) is 0. The third kappa shape index (κ3) is 5.79. The van der Waals surface area contributed by atoms with Gasteiger partial charge in [0.05, 0.1) is 18.8 Å². The van der Waals surface area contributed by atoms with Gasteiger partial charge in [0.25, 0.3) is 11.8 Å². The number of halogens is 1. The van der Waals surface area contributed by atoms with Crippen molar-refractivity contribution in [3.8, 4) is 17.2 Å². The maximum atomic E-state index is 12.2. The summed E-state index contributed by atoms with van der Waals surface area (Å²) in [7, 11) is 0. The van der Waals surface area contributed by atoms with Crippen LogP contribution in [0.2, 0.25) is 5.02 Å². The van der Waals surface area contributed by atoms with Gasteiger partial charge in [-0.3, -0.25) is 9.59 Å². The fourth-order valence-corrected chi connectivity index (χ4v) is 2.46. The van der Waals surface area contributed by atoms with E-state index in [0.717, 1.165) is 0 Å². The first-order valence-corrected chi connectivity index (χ1v) is 8.74. The number of carbonyl (C=O) groups is 2. The van der Waals surface area contributed by atoms with E-state index in [-0.39, 0.29) is 17.9 Å². The molecule has 144 valence electrons. The van der Waals surface area contributed by atoms with Crippen molar-refractivity contribution in [3.63, 3.8) is 0 Å². The highest BCUT2D eigenvalue weighted by atomic mass is 35.5. The predicted molar refractivity (Wildman–Crippen MR) is 103 cm³/mol. The summed E-state index contributed by atoms with van der Waals surface area (Å²) in [4.78, 5) is 23.6. The van der Waals surface area contributed by atoms with Gasteiger partial charge in [0.1, 0.15) is 5.75 Å². The second-order valence-corrected chi connectivity index (χ2v) is 5.81. The monoisotopic (exact) mass is 392 g/mol. The van der Waals surface area contributed by atoms with Gasteiger partial charge in [-0.15, -0.1) is 0 Å². The highest BCUT2D eigenvalue weighted by Gasteiger charge is 2.13. The van der Waals surface area contributed by atoms with Gasteiger partial charge < -0.3 is 25.3 Å². The van der Waals surface area contributed by atoms with E-state index in [1.807, 2.05) is 13.8 Å². The number of carbonyl (C=O) groups excluding carboxylic acids is 2. The summed E-state index contributed by atoms with van der Waals surface area (Å²) in [6, 6.07) is 9.50. The van der Waals surface area contributed by atoms with Crippen LogP contribution in [0.3, 0.4) is 0 Å². The van der Waals surface area contributed by atoms with Crippen LogP contribution in [0.25, 0.3) is 0 Å². The number of nitrogens with two attached hydrogens (primary N) is 1. The van der Waals surface area contributed by atoms with Crippen LogP contribution >= 0.6 is 11.6 Å². The molecule has 0 saturated heterocycles. The van der Waals surface area contributed by atoms with Gasteiger partial charge >= 0.3 is 0 Å². The number of hydrogen-bond acceptors (Lipinski definition) is 5. The Balaban J connectivity index is 2.04. The lowest BCUT2D eigenvalue weighted by molar-refractivity contribution is -0.118. The molecule has 0 unspecified atom stereocenters. The molecule has 0 saturated carbocycles. The third-order valence-electron chi connectivity index (χ3n) is 3.39. The van der Waals surface area contributed by atoms with Crippen molar-refractivity contribution in [3.05, 3.63) is 47.0 Å². The Hall–Kier alpha value is -2.93. The van der Waals surface area contributed by atoms with E-state index in [2.05, 4.69) is 5.32 Å². The molecule has 2 aromatic carbocycles. The normalized spacial score (nSPS) is 10.2. The number of rotatable bonds is 9. The van der Waals surface area contributed by atoms with E-state index >= 15 is 0 Å². The maximum absolute atomic E-state index is 12.2. The van der Waals surface area contributed by atoms with E-state index in [9.17, 15) is 9.59 Å². The van der Waals surface area contributed by atoms with Crippen LogP contribution in [-0.4, -0.2) is 31.6 Å². The molecule has 0 aromatic heterocycles. The lowest BCUT2D eigenvalue weighted by Crippen LogP contribution is -2.21. The Morgan fingerprint density at radius 1 is 0.963 bits per heavy atom. The number of ether oxygens (including phenoxy) is 3. The van der Waals surface area contributed by atoms with Crippen LogP contribution in [0.5, 0.6) is 17.2 Å². The predicted octanol–water partition coefficient (Wildman–Crippen LogP) is 3.25. The minimum Gasteiger partial charge on any atom is -0.490 e. The lowest BCUT2D eigenvalue weighted by Gasteiger charge is -2.13. The molecule has 0 aliphatic rings. The molecule has 2 rings (SSSR count). The molecule has 3 N–H and O–H groups in total. The van der Waals surface area contributed by atoms with Crippen molar-refractivity contribution >= 4 is 29.1 Å². The Labute approximate surface area is 162 Å². The Morgan fingerprint density at radius 2 is 1.63 bits per heavy atom. The molecule has 0 aliphatic carbocycles. The Kier molecular flexibility index (Phi) is 7.31. The molecule has 7 nitrogen and oxygen atoms in total. The molecule has 0 aliphatic heterocycles. The lowest BCUT2D eigenvalue weighted by atomic mass is 10.2. The SMILES string of the molecule is CCOc1ccc(NC(=O)COc2ccc(Cl)cc2C(N)=O)cc1OCC. The molecular weight excluding hydrogens is 372 g/mol. The minimum absolute atomic E-state index is 0.106. The van der Waals surface area contributed by atoms with Gasteiger partial charge in [-0.25, -0.2) is 0 Å². The third-order valence-corrected chi connectivity index (χ3v) is 3.63. The number of anilines is 1. The van der Waals surface area contributed by atoms with Crippen LogP contribution in [0, 0.1) is 0 Å². The number of nitrogens with one attached hydrogen (secondary N) is 1. The summed E-state index contributed by atoms with van der Waals surface area (Å²) in [5.41, 5.74) is 5.93. The summed E-state index contributed by atoms with van der Waals surface area (Å²) in [6.45, 7) is 4.40. The number of amides is 2. The average molecular weight is 393 g/mol. The van der Waals surface area contributed by atoms with Gasteiger partial charge in [-0.05, 0) is 44.2 Å². The molecule has 0 bridgehead atoms. The Morgan fingerprint density at radius 3 is 2.30 bits per heavy atom. The van der Waals surface area contributed by atoms with Crippen LogP contribution in [0.4, 0.5) is 5.69 Å². The molecule has 0 fully saturated rings. The fourth-order valence-electron chi connectivity index (χ4n) is 2.29. The van der Waals surface area contributed by atoms with Gasteiger partial charge in [0, 0.05) is 16.8 Å². The zero-order valence-electron chi connectivity index (χ0n) is 15.1. The smallest absolute Gasteiger partial charge is 0.262 e. The van der Waals surface area contributed by atoms with E-state index < -0.39 is 11.8 Å². The summed E-state index contributed by atoms with van der Waals surface area (Å²) < 4.78 is 16.4. The molecule has 0 spiro atoms. The quantitative estimate of drug-likeness (QED) is 0.682. The molecule has 0 radical (unpaired) electrons.